The van der Waals surface area contributed by atoms with Crippen molar-refractivity contribution in [1.82, 2.24) is 10.2 Å². The largest absolute Gasteiger partial charge is 0.314 e. The lowest BCUT2D eigenvalue weighted by molar-refractivity contribution is 0.120. The van der Waals surface area contributed by atoms with E-state index in [1.165, 1.54) is 0 Å². The van der Waals surface area contributed by atoms with Crippen molar-refractivity contribution in [2.45, 2.75) is 46.7 Å². The number of hydrogen-bond acceptors (Lipinski definition) is 4. The standard InChI is InChI=1S/C13H28N2O2S/c1-6-14-12(3)13(4,5)10-15-7-8-18(16,17)9-11(15)2/h11-12,14H,6-10H2,1-5H3. The van der Waals surface area contributed by atoms with Gasteiger partial charge in [-0.1, -0.05) is 20.8 Å². The van der Waals surface area contributed by atoms with Crippen LogP contribution in [0, 0.1) is 5.41 Å². The van der Waals surface area contributed by atoms with Crippen LogP contribution in [0.25, 0.3) is 0 Å². The van der Waals surface area contributed by atoms with Crippen LogP contribution in [0.15, 0.2) is 0 Å². The fraction of sp³-hybridized carbons (Fsp3) is 1.00. The van der Waals surface area contributed by atoms with E-state index in [9.17, 15) is 8.42 Å². The van der Waals surface area contributed by atoms with Crippen LogP contribution in [0.1, 0.15) is 34.6 Å². The van der Waals surface area contributed by atoms with Crippen molar-refractivity contribution in [3.63, 3.8) is 0 Å². The van der Waals surface area contributed by atoms with Gasteiger partial charge in [0.1, 0.15) is 0 Å². The van der Waals surface area contributed by atoms with Gasteiger partial charge in [0.2, 0.25) is 0 Å². The molecule has 0 spiro atoms. The van der Waals surface area contributed by atoms with Crippen molar-refractivity contribution in [2.75, 3.05) is 31.1 Å². The molecule has 1 rings (SSSR count). The molecular weight excluding hydrogens is 248 g/mol. The lowest BCUT2D eigenvalue weighted by Gasteiger charge is -2.41. The van der Waals surface area contributed by atoms with E-state index in [1.54, 1.807) is 0 Å². The van der Waals surface area contributed by atoms with E-state index in [0.717, 1.165) is 13.1 Å². The maximum absolute atomic E-state index is 11.6. The van der Waals surface area contributed by atoms with E-state index in [1.807, 2.05) is 6.92 Å². The maximum Gasteiger partial charge on any atom is 0.153 e. The van der Waals surface area contributed by atoms with Gasteiger partial charge in [0.25, 0.3) is 0 Å². The third kappa shape index (κ3) is 4.21. The summed E-state index contributed by atoms with van der Waals surface area (Å²) in [5.41, 5.74) is 0.144. The molecular formula is C13H28N2O2S. The zero-order valence-corrected chi connectivity index (χ0v) is 13.2. The lowest BCUT2D eigenvalue weighted by Crippen LogP contribution is -2.53. The van der Waals surface area contributed by atoms with E-state index < -0.39 is 9.84 Å². The van der Waals surface area contributed by atoms with Crippen molar-refractivity contribution in [2.24, 2.45) is 5.41 Å². The minimum Gasteiger partial charge on any atom is -0.314 e. The molecule has 2 atom stereocenters. The summed E-state index contributed by atoms with van der Waals surface area (Å²) in [6.45, 7) is 13.4. The summed E-state index contributed by atoms with van der Waals surface area (Å²) in [7, 11) is -2.81. The molecule has 4 nitrogen and oxygen atoms in total. The quantitative estimate of drug-likeness (QED) is 0.818. The molecule has 2 unspecified atom stereocenters. The zero-order valence-electron chi connectivity index (χ0n) is 12.4. The minimum absolute atomic E-state index is 0.136. The summed E-state index contributed by atoms with van der Waals surface area (Å²) in [6.07, 6.45) is 0. The molecule has 1 fully saturated rings. The van der Waals surface area contributed by atoms with Crippen LogP contribution in [0.3, 0.4) is 0 Å². The van der Waals surface area contributed by atoms with Crippen molar-refractivity contribution < 1.29 is 8.42 Å². The van der Waals surface area contributed by atoms with Gasteiger partial charge in [-0.25, -0.2) is 8.42 Å². The first-order valence-electron chi connectivity index (χ1n) is 6.86. The SMILES string of the molecule is CCNC(C)C(C)(C)CN1CCS(=O)(=O)CC1C. The van der Waals surface area contributed by atoms with Crippen LogP contribution < -0.4 is 5.32 Å². The summed E-state index contributed by atoms with van der Waals surface area (Å²) in [4.78, 5) is 2.31. The van der Waals surface area contributed by atoms with Gasteiger partial charge in [-0.15, -0.1) is 0 Å². The van der Waals surface area contributed by atoms with Crippen LogP contribution in [0.4, 0.5) is 0 Å². The molecule has 108 valence electrons. The van der Waals surface area contributed by atoms with Crippen molar-refractivity contribution in [1.29, 1.82) is 0 Å². The highest BCUT2D eigenvalue weighted by Crippen LogP contribution is 2.25. The van der Waals surface area contributed by atoms with Gasteiger partial charge in [0.15, 0.2) is 9.84 Å². The molecule has 1 saturated heterocycles. The highest BCUT2D eigenvalue weighted by molar-refractivity contribution is 7.91. The Morgan fingerprint density at radius 1 is 1.44 bits per heavy atom. The Balaban J connectivity index is 2.62. The number of nitrogens with one attached hydrogen (secondary N) is 1. The Kier molecular flexibility index (Phi) is 5.21. The molecule has 5 heteroatoms. The highest BCUT2D eigenvalue weighted by Gasteiger charge is 2.34. The molecule has 0 amide bonds. The van der Waals surface area contributed by atoms with Gasteiger partial charge >= 0.3 is 0 Å². The van der Waals surface area contributed by atoms with Crippen LogP contribution >= 0.6 is 0 Å². The van der Waals surface area contributed by atoms with Gasteiger partial charge in [-0.3, -0.25) is 4.90 Å². The lowest BCUT2D eigenvalue weighted by atomic mass is 9.84. The third-order valence-corrected chi connectivity index (χ3v) is 5.90. The van der Waals surface area contributed by atoms with E-state index in [0.29, 0.717) is 24.1 Å². The second-order valence-electron chi connectivity index (χ2n) is 6.20. The Hall–Kier alpha value is -0.130. The fourth-order valence-corrected chi connectivity index (χ4v) is 4.14. The second kappa shape index (κ2) is 5.88. The molecule has 0 aromatic carbocycles. The Labute approximate surface area is 112 Å². The van der Waals surface area contributed by atoms with Gasteiger partial charge in [-0.2, -0.15) is 0 Å². The molecule has 1 N–H and O–H groups in total. The molecule has 0 radical (unpaired) electrons. The molecule has 0 saturated carbocycles. The van der Waals surface area contributed by atoms with E-state index in [4.69, 9.17) is 0 Å². The van der Waals surface area contributed by atoms with Crippen LogP contribution in [-0.4, -0.2) is 56.5 Å². The average Bonchev–Trinajstić information content (AvgIpc) is 2.22. The summed E-state index contributed by atoms with van der Waals surface area (Å²) in [5.74, 6) is 0.613. The third-order valence-electron chi connectivity index (χ3n) is 4.10. The summed E-state index contributed by atoms with van der Waals surface area (Å²) in [5, 5.41) is 3.46. The average molecular weight is 276 g/mol. The number of nitrogens with zero attached hydrogens (tertiary/aromatic N) is 1. The van der Waals surface area contributed by atoms with Gasteiger partial charge < -0.3 is 5.32 Å². The topological polar surface area (TPSA) is 49.4 Å². The predicted molar refractivity (Wildman–Crippen MR) is 76.6 cm³/mol. The molecule has 0 bridgehead atoms. The van der Waals surface area contributed by atoms with E-state index >= 15 is 0 Å². The predicted octanol–water partition coefficient (Wildman–Crippen LogP) is 1.13. The summed E-state index contributed by atoms with van der Waals surface area (Å²) >= 11 is 0. The summed E-state index contributed by atoms with van der Waals surface area (Å²) < 4.78 is 23.1. The smallest absolute Gasteiger partial charge is 0.153 e. The molecule has 18 heavy (non-hydrogen) atoms. The van der Waals surface area contributed by atoms with Crippen molar-refractivity contribution >= 4 is 9.84 Å². The monoisotopic (exact) mass is 276 g/mol. The van der Waals surface area contributed by atoms with E-state index in [2.05, 4.69) is 37.9 Å². The zero-order chi connectivity index (χ0) is 14.0. The minimum atomic E-state index is -2.81. The highest BCUT2D eigenvalue weighted by atomic mass is 32.2. The first kappa shape index (κ1) is 15.9. The van der Waals surface area contributed by atoms with Gasteiger partial charge in [0.05, 0.1) is 11.5 Å². The molecule has 0 aromatic heterocycles. The molecule has 1 aliphatic rings. The fourth-order valence-electron chi connectivity index (χ4n) is 2.51. The molecule has 1 heterocycles. The van der Waals surface area contributed by atoms with Crippen molar-refractivity contribution in [3.8, 4) is 0 Å². The first-order chi connectivity index (χ1) is 8.18. The second-order valence-corrected chi connectivity index (χ2v) is 8.43. The molecule has 1 aliphatic heterocycles. The molecule has 0 aliphatic carbocycles. The normalized spacial score (nSPS) is 27.1. The van der Waals surface area contributed by atoms with Crippen LogP contribution in [0.2, 0.25) is 0 Å². The summed E-state index contributed by atoms with van der Waals surface area (Å²) in [6, 6.07) is 0.560. The van der Waals surface area contributed by atoms with Crippen LogP contribution in [-0.2, 0) is 9.84 Å². The van der Waals surface area contributed by atoms with E-state index in [-0.39, 0.29) is 11.5 Å². The van der Waals surface area contributed by atoms with Gasteiger partial charge in [0, 0.05) is 25.2 Å². The van der Waals surface area contributed by atoms with Crippen molar-refractivity contribution in [3.05, 3.63) is 0 Å². The number of rotatable bonds is 5. The maximum atomic E-state index is 11.6. The van der Waals surface area contributed by atoms with Gasteiger partial charge in [-0.05, 0) is 25.8 Å². The Morgan fingerprint density at radius 2 is 2.06 bits per heavy atom. The Morgan fingerprint density at radius 3 is 2.56 bits per heavy atom. The van der Waals surface area contributed by atoms with Crippen LogP contribution in [0.5, 0.6) is 0 Å². The molecule has 0 aromatic rings. The number of sulfone groups is 1. The Bertz CT molecular complexity index is 365. The first-order valence-corrected chi connectivity index (χ1v) is 8.68. The number of hydrogen-bond donors (Lipinski definition) is 1.